The first-order valence-electron chi connectivity index (χ1n) is 5.24. The number of carbonyl (C=O) groups is 1. The molecule has 0 saturated carbocycles. The quantitative estimate of drug-likeness (QED) is 0.700. The van der Waals surface area contributed by atoms with Gasteiger partial charge in [-0.2, -0.15) is 0 Å². The molecule has 1 rings (SSSR count). The van der Waals surface area contributed by atoms with Gasteiger partial charge < -0.3 is 10.2 Å². The molecule has 7 heteroatoms. The van der Waals surface area contributed by atoms with Gasteiger partial charge in [-0.15, -0.1) is 0 Å². The zero-order valence-electron chi connectivity index (χ0n) is 10.1. The highest BCUT2D eigenvalue weighted by molar-refractivity contribution is 7.92. The molecule has 0 aliphatic heterocycles. The highest BCUT2D eigenvalue weighted by atomic mass is 32.2. The van der Waals surface area contributed by atoms with Gasteiger partial charge in [-0.05, 0) is 37.1 Å². The average Bonchev–Trinajstić information content (AvgIpc) is 2.23. The van der Waals surface area contributed by atoms with Crippen LogP contribution in [-0.4, -0.2) is 30.4 Å². The van der Waals surface area contributed by atoms with Gasteiger partial charge in [0.25, 0.3) is 0 Å². The molecule has 0 aliphatic carbocycles. The first kappa shape index (κ1) is 14.3. The third-order valence-corrected chi connectivity index (χ3v) is 3.67. The summed E-state index contributed by atoms with van der Waals surface area (Å²) >= 11 is 0. The molecule has 1 aromatic rings. The van der Waals surface area contributed by atoms with Crippen molar-refractivity contribution in [1.29, 1.82) is 0 Å². The number of carboxylic acids is 1. The van der Waals surface area contributed by atoms with Crippen molar-refractivity contribution in [3.63, 3.8) is 0 Å². The first-order chi connectivity index (χ1) is 8.21. The number of hydrogen-bond donors (Lipinski definition) is 3. The van der Waals surface area contributed by atoms with Crippen LogP contribution in [0.4, 0.5) is 5.69 Å². The maximum absolute atomic E-state index is 11.6. The molecule has 3 N–H and O–H groups in total. The number of nitrogens with one attached hydrogen (secondary N) is 1. The second-order valence-electron chi connectivity index (χ2n) is 4.02. The molecule has 6 nitrogen and oxygen atoms in total. The van der Waals surface area contributed by atoms with E-state index in [0.29, 0.717) is 16.8 Å². The third-order valence-electron chi connectivity index (χ3n) is 2.39. The van der Waals surface area contributed by atoms with Gasteiger partial charge in [0.2, 0.25) is 10.0 Å². The first-order valence-corrected chi connectivity index (χ1v) is 6.89. The van der Waals surface area contributed by atoms with Crippen molar-refractivity contribution in [3.8, 4) is 5.75 Å². The lowest BCUT2D eigenvalue weighted by molar-refractivity contribution is -0.136. The Labute approximate surface area is 105 Å². The maximum atomic E-state index is 11.6. The Kier molecular flexibility index (Phi) is 4.18. The highest BCUT2D eigenvalue weighted by Gasteiger charge is 2.14. The molecule has 0 saturated heterocycles. The van der Waals surface area contributed by atoms with Crippen LogP contribution in [0.5, 0.6) is 5.75 Å². The number of aliphatic carboxylic acids is 1. The van der Waals surface area contributed by atoms with E-state index in [4.69, 9.17) is 5.11 Å². The number of aryl methyl sites for hydroxylation is 2. The number of phenols is 1. The molecule has 1 aromatic carbocycles. The van der Waals surface area contributed by atoms with E-state index in [2.05, 4.69) is 4.72 Å². The van der Waals surface area contributed by atoms with E-state index in [-0.39, 0.29) is 5.75 Å². The Hall–Kier alpha value is -1.76. The molecule has 0 amide bonds. The zero-order chi connectivity index (χ0) is 13.9. The molecule has 0 bridgehead atoms. The van der Waals surface area contributed by atoms with Crippen LogP contribution in [0.3, 0.4) is 0 Å². The normalized spacial score (nSPS) is 11.2. The number of carboxylic acid groups (broad SMARTS) is 1. The van der Waals surface area contributed by atoms with Crippen molar-refractivity contribution in [1.82, 2.24) is 0 Å². The number of phenolic OH excluding ortho intramolecular Hbond substituents is 1. The Morgan fingerprint density at radius 3 is 2.44 bits per heavy atom. The minimum atomic E-state index is -3.69. The second kappa shape index (κ2) is 5.26. The topological polar surface area (TPSA) is 104 Å². The zero-order valence-corrected chi connectivity index (χ0v) is 10.9. The number of sulfonamides is 1. The summed E-state index contributed by atoms with van der Waals surface area (Å²) in [6.07, 6.45) is -0.453. The van der Waals surface area contributed by atoms with Crippen molar-refractivity contribution < 1.29 is 23.4 Å². The molecule has 0 atom stereocenters. The summed E-state index contributed by atoms with van der Waals surface area (Å²) in [4.78, 5) is 10.3. The summed E-state index contributed by atoms with van der Waals surface area (Å²) in [5, 5.41) is 17.9. The number of aromatic hydroxyl groups is 1. The van der Waals surface area contributed by atoms with E-state index in [1.807, 2.05) is 0 Å². The molecule has 18 heavy (non-hydrogen) atoms. The molecule has 0 spiro atoms. The molecule has 0 unspecified atom stereocenters. The van der Waals surface area contributed by atoms with E-state index in [0.717, 1.165) is 0 Å². The Morgan fingerprint density at radius 2 is 1.89 bits per heavy atom. The van der Waals surface area contributed by atoms with Gasteiger partial charge in [0.1, 0.15) is 5.75 Å². The van der Waals surface area contributed by atoms with Crippen molar-refractivity contribution in [2.45, 2.75) is 20.3 Å². The van der Waals surface area contributed by atoms with Gasteiger partial charge in [0, 0.05) is 0 Å². The smallest absolute Gasteiger partial charge is 0.304 e. The predicted molar refractivity (Wildman–Crippen MR) is 67.2 cm³/mol. The molecule has 0 aromatic heterocycles. The van der Waals surface area contributed by atoms with Crippen molar-refractivity contribution >= 4 is 21.7 Å². The van der Waals surface area contributed by atoms with E-state index >= 15 is 0 Å². The summed E-state index contributed by atoms with van der Waals surface area (Å²) in [7, 11) is -3.69. The van der Waals surface area contributed by atoms with E-state index in [1.54, 1.807) is 13.8 Å². The van der Waals surface area contributed by atoms with Crippen LogP contribution in [0.25, 0.3) is 0 Å². The van der Waals surface area contributed by atoms with E-state index < -0.39 is 28.2 Å². The van der Waals surface area contributed by atoms with Gasteiger partial charge in [-0.3, -0.25) is 9.52 Å². The van der Waals surface area contributed by atoms with Crippen LogP contribution in [0.2, 0.25) is 0 Å². The van der Waals surface area contributed by atoms with Crippen LogP contribution in [0.15, 0.2) is 12.1 Å². The maximum Gasteiger partial charge on any atom is 0.304 e. The molecule has 100 valence electrons. The summed E-state index contributed by atoms with van der Waals surface area (Å²) in [5.41, 5.74) is 1.45. The summed E-state index contributed by atoms with van der Waals surface area (Å²) in [6.45, 7) is 3.29. The van der Waals surface area contributed by atoms with Gasteiger partial charge in [0.15, 0.2) is 0 Å². The van der Waals surface area contributed by atoms with Gasteiger partial charge in [-0.25, -0.2) is 8.42 Å². The summed E-state index contributed by atoms with van der Waals surface area (Å²) < 4.78 is 25.5. The second-order valence-corrected chi connectivity index (χ2v) is 5.86. The monoisotopic (exact) mass is 273 g/mol. The Bertz CT molecular complexity index is 565. The number of benzene rings is 1. The standard InChI is InChI=1S/C11H15NO5S/c1-7-6-10(13)8(2)5-9(7)12-18(16,17)4-3-11(14)15/h5-6,12-13H,3-4H2,1-2H3,(H,14,15). The number of hydrogen-bond acceptors (Lipinski definition) is 4. The minimum Gasteiger partial charge on any atom is -0.508 e. The Balaban J connectivity index is 2.91. The highest BCUT2D eigenvalue weighted by Crippen LogP contribution is 2.25. The van der Waals surface area contributed by atoms with Crippen LogP contribution < -0.4 is 4.72 Å². The van der Waals surface area contributed by atoms with Crippen LogP contribution in [-0.2, 0) is 14.8 Å². The number of rotatable bonds is 5. The van der Waals surface area contributed by atoms with E-state index in [9.17, 15) is 18.3 Å². The van der Waals surface area contributed by atoms with Gasteiger partial charge in [0.05, 0.1) is 17.9 Å². The number of anilines is 1. The fourth-order valence-corrected chi connectivity index (χ4v) is 2.45. The molecule has 0 radical (unpaired) electrons. The molecule has 0 aliphatic rings. The van der Waals surface area contributed by atoms with Gasteiger partial charge in [-0.1, -0.05) is 0 Å². The summed E-state index contributed by atoms with van der Waals surface area (Å²) in [6, 6.07) is 2.95. The van der Waals surface area contributed by atoms with Crippen LogP contribution in [0, 0.1) is 13.8 Å². The van der Waals surface area contributed by atoms with Crippen molar-refractivity contribution in [2.75, 3.05) is 10.5 Å². The molecule has 0 fully saturated rings. The lowest BCUT2D eigenvalue weighted by Crippen LogP contribution is -2.19. The largest absolute Gasteiger partial charge is 0.508 e. The molecular weight excluding hydrogens is 258 g/mol. The molecular formula is C11H15NO5S. The Morgan fingerprint density at radius 1 is 1.28 bits per heavy atom. The minimum absolute atomic E-state index is 0.0842. The lowest BCUT2D eigenvalue weighted by Gasteiger charge is -2.11. The fourth-order valence-electron chi connectivity index (χ4n) is 1.35. The van der Waals surface area contributed by atoms with Crippen molar-refractivity contribution in [2.24, 2.45) is 0 Å². The summed E-state index contributed by atoms with van der Waals surface area (Å²) in [5.74, 6) is -1.57. The van der Waals surface area contributed by atoms with Crippen LogP contribution in [0.1, 0.15) is 17.5 Å². The van der Waals surface area contributed by atoms with E-state index in [1.165, 1.54) is 12.1 Å². The fraction of sp³-hybridized carbons (Fsp3) is 0.364. The van der Waals surface area contributed by atoms with Crippen LogP contribution >= 0.6 is 0 Å². The predicted octanol–water partition coefficient (Wildman–Crippen LogP) is 1.23. The molecule has 0 heterocycles. The van der Waals surface area contributed by atoms with Gasteiger partial charge >= 0.3 is 5.97 Å². The SMILES string of the molecule is Cc1cc(NS(=O)(=O)CCC(=O)O)c(C)cc1O. The third kappa shape index (κ3) is 3.92. The van der Waals surface area contributed by atoms with Crippen molar-refractivity contribution in [3.05, 3.63) is 23.3 Å². The lowest BCUT2D eigenvalue weighted by atomic mass is 10.1. The average molecular weight is 273 g/mol.